The van der Waals surface area contributed by atoms with Crippen LogP contribution in [0.4, 0.5) is 26.7 Å². The first-order chi connectivity index (χ1) is 24.5. The molecule has 2 saturated carbocycles. The fourth-order valence-electron chi connectivity index (χ4n) is 6.34. The lowest BCUT2D eigenvalue weighted by molar-refractivity contribution is -0.124. The van der Waals surface area contributed by atoms with E-state index in [-0.39, 0.29) is 47.1 Å². The van der Waals surface area contributed by atoms with E-state index in [1.54, 1.807) is 43.6 Å². The molecule has 0 bridgehead atoms. The van der Waals surface area contributed by atoms with Gasteiger partial charge in [0.1, 0.15) is 18.0 Å². The third-order valence-corrected chi connectivity index (χ3v) is 10.4. The van der Waals surface area contributed by atoms with Gasteiger partial charge in [0, 0.05) is 55.1 Å². The third-order valence-electron chi connectivity index (χ3n) is 9.27. The molecule has 1 aromatic carbocycles. The van der Waals surface area contributed by atoms with Crippen LogP contribution in [0.5, 0.6) is 0 Å². The van der Waals surface area contributed by atoms with Crippen LogP contribution in [-0.2, 0) is 30.7 Å². The predicted molar refractivity (Wildman–Crippen MR) is 191 cm³/mol. The number of nitrogens with zero attached hydrogens (tertiary/aromatic N) is 7. The number of aromatic nitrogens is 4. The van der Waals surface area contributed by atoms with E-state index >= 15 is 0 Å². The topological polar surface area (TPSA) is 176 Å². The number of hydrogen-bond donors (Lipinski definition) is 1. The Labute approximate surface area is 300 Å². The number of nitrogens with one attached hydrogen (secondary N) is 1. The maximum atomic E-state index is 13.8. The van der Waals surface area contributed by atoms with Crippen molar-refractivity contribution in [3.8, 4) is 0 Å². The summed E-state index contributed by atoms with van der Waals surface area (Å²) in [6.45, 7) is 6.80. The van der Waals surface area contributed by atoms with Crippen LogP contribution >= 0.6 is 0 Å². The van der Waals surface area contributed by atoms with Crippen LogP contribution in [0, 0.1) is 12.8 Å². The summed E-state index contributed by atoms with van der Waals surface area (Å²) in [4.78, 5) is 70.1. The van der Waals surface area contributed by atoms with Crippen molar-refractivity contribution in [1.82, 2.24) is 24.3 Å². The number of pyridine rings is 1. The van der Waals surface area contributed by atoms with Crippen LogP contribution in [0.2, 0.25) is 0 Å². The molecule has 2 atom stereocenters. The van der Waals surface area contributed by atoms with E-state index < -0.39 is 33.5 Å². The van der Waals surface area contributed by atoms with Crippen LogP contribution < -0.4 is 15.1 Å². The molecule has 0 radical (unpaired) electrons. The third kappa shape index (κ3) is 7.07. The number of carbonyl (C=O) groups excluding carboxylic acids is 4. The first-order valence-corrected chi connectivity index (χ1v) is 18.9. The van der Waals surface area contributed by atoms with Crippen molar-refractivity contribution in [3.05, 3.63) is 71.7 Å². The van der Waals surface area contributed by atoms with Gasteiger partial charge in [0.05, 0.1) is 28.5 Å². The van der Waals surface area contributed by atoms with E-state index in [0.717, 1.165) is 35.3 Å². The maximum absolute atomic E-state index is 13.8. The summed E-state index contributed by atoms with van der Waals surface area (Å²) in [6, 6.07) is 7.48. The van der Waals surface area contributed by atoms with Gasteiger partial charge in [-0.1, -0.05) is 0 Å². The number of benzene rings is 1. The normalized spacial score (nSPS) is 19.0. The van der Waals surface area contributed by atoms with Crippen molar-refractivity contribution >= 4 is 56.5 Å². The Morgan fingerprint density at radius 3 is 2.46 bits per heavy atom. The maximum Gasteiger partial charge on any atom is 0.415 e. The van der Waals surface area contributed by atoms with Crippen molar-refractivity contribution in [2.75, 3.05) is 35.0 Å². The summed E-state index contributed by atoms with van der Waals surface area (Å²) in [5, 5.41) is 2.79. The highest BCUT2D eigenvalue weighted by molar-refractivity contribution is 7.90. The minimum Gasteiger partial charge on any atom is -0.443 e. The molecule has 7 rings (SSSR count). The number of amides is 5. The molecule has 4 heterocycles. The van der Waals surface area contributed by atoms with Gasteiger partial charge in [0.25, 0.3) is 0 Å². The molecule has 5 amide bonds. The van der Waals surface area contributed by atoms with Gasteiger partial charge in [0.2, 0.25) is 11.8 Å². The fraction of sp³-hybridized carbons (Fsp3) is 0.417. The number of sulfone groups is 1. The minimum atomic E-state index is -3.80. The molecule has 0 unspecified atom stereocenters. The highest BCUT2D eigenvalue weighted by atomic mass is 32.2. The monoisotopic (exact) mass is 728 g/mol. The molecule has 2 aliphatic carbocycles. The number of carbonyl (C=O) groups is 4. The van der Waals surface area contributed by atoms with Gasteiger partial charge in [-0.05, 0) is 88.8 Å². The lowest BCUT2D eigenvalue weighted by Gasteiger charge is -2.27. The second-order valence-electron chi connectivity index (χ2n) is 14.7. The van der Waals surface area contributed by atoms with Gasteiger partial charge in [-0.25, -0.2) is 33.0 Å². The summed E-state index contributed by atoms with van der Waals surface area (Å²) < 4.78 is 33.3. The zero-order valence-corrected chi connectivity index (χ0v) is 30.6. The molecule has 0 spiro atoms. The highest BCUT2D eigenvalue weighted by Crippen LogP contribution is 2.47. The van der Waals surface area contributed by atoms with E-state index in [1.807, 2.05) is 19.2 Å². The van der Waals surface area contributed by atoms with Crippen LogP contribution in [-0.4, -0.2) is 82.1 Å². The van der Waals surface area contributed by atoms with Gasteiger partial charge in [-0.3, -0.25) is 24.3 Å². The molecule has 272 valence electrons. The number of urea groups is 1. The molecular formula is C36H40N8O7S. The van der Waals surface area contributed by atoms with E-state index in [0.29, 0.717) is 35.2 Å². The number of ether oxygens (including phenoxy) is 1. The molecule has 3 aromatic heterocycles. The number of likely N-dealkylation sites (N-methyl/N-ethyl adjacent to an activating group) is 1. The van der Waals surface area contributed by atoms with Crippen molar-refractivity contribution in [2.45, 2.75) is 75.8 Å². The quantitative estimate of drug-likeness (QED) is 0.236. The van der Waals surface area contributed by atoms with Gasteiger partial charge in [0.15, 0.2) is 15.5 Å². The second kappa shape index (κ2) is 12.7. The Morgan fingerprint density at radius 1 is 1.08 bits per heavy atom. The number of rotatable bonds is 9. The standard InChI is InChI=1S/C36H40N8O7S/c1-20-11-12-37-31(38-20)25-15-26(25)33(46)40-27-14-24(9-10-29(27)52(6,49)50)43(35(48)51-36(2,3)4)18-23-17-42-16-22(21-7-8-21)13-28(32(42)39-23)44-19-30(45)41(5)34(44)47/h9-14,16-17,21,25-26H,7-8,15,18-19H2,1-6H3,(H,40,46)/t25-,26-/m0/s1. The lowest BCUT2D eigenvalue weighted by atomic mass is 10.1. The van der Waals surface area contributed by atoms with Crippen molar-refractivity contribution in [3.63, 3.8) is 0 Å². The largest absolute Gasteiger partial charge is 0.443 e. The molecule has 16 heteroatoms. The minimum absolute atomic E-state index is 0.0158. The van der Waals surface area contributed by atoms with Crippen LogP contribution in [0.1, 0.15) is 74.6 Å². The van der Waals surface area contributed by atoms with Gasteiger partial charge < -0.3 is 14.5 Å². The van der Waals surface area contributed by atoms with E-state index in [2.05, 4.69) is 15.3 Å². The van der Waals surface area contributed by atoms with Gasteiger partial charge in [-0.15, -0.1) is 0 Å². The molecule has 52 heavy (non-hydrogen) atoms. The predicted octanol–water partition coefficient (Wildman–Crippen LogP) is 4.80. The van der Waals surface area contributed by atoms with Crippen molar-refractivity contribution in [2.24, 2.45) is 5.92 Å². The molecular weight excluding hydrogens is 689 g/mol. The zero-order chi connectivity index (χ0) is 37.3. The van der Waals surface area contributed by atoms with E-state index in [9.17, 15) is 27.6 Å². The second-order valence-corrected chi connectivity index (χ2v) is 16.7. The molecule has 3 fully saturated rings. The van der Waals surface area contributed by atoms with E-state index in [1.165, 1.54) is 35.0 Å². The summed E-state index contributed by atoms with van der Waals surface area (Å²) in [6.07, 6.45) is 8.19. The summed E-state index contributed by atoms with van der Waals surface area (Å²) in [5.74, 6) is -0.482. The summed E-state index contributed by atoms with van der Waals surface area (Å²) >= 11 is 0. The molecule has 1 saturated heterocycles. The number of fused-ring (bicyclic) bond motifs is 1. The number of aryl methyl sites for hydroxylation is 1. The number of hydrogen-bond acceptors (Lipinski definition) is 10. The first-order valence-electron chi connectivity index (χ1n) is 17.0. The number of imidazole rings is 1. The Balaban J connectivity index is 1.24. The average Bonchev–Trinajstić information content (AvgIpc) is 3.99. The zero-order valence-electron chi connectivity index (χ0n) is 29.8. The highest BCUT2D eigenvalue weighted by Gasteiger charge is 2.46. The number of imide groups is 1. The SMILES string of the molecule is Cc1ccnc([C@H]2C[C@@H]2C(=O)Nc2cc(N(Cc3cn4cc(C5CC5)cc(N5CC(=O)N(C)C5=O)c4n3)C(=O)OC(C)(C)C)ccc2S(C)(=O)=O)n1. The van der Waals surface area contributed by atoms with Gasteiger partial charge >= 0.3 is 12.1 Å². The molecule has 3 aliphatic rings. The molecule has 1 N–H and O–H groups in total. The fourth-order valence-corrected chi connectivity index (χ4v) is 7.17. The van der Waals surface area contributed by atoms with Crippen LogP contribution in [0.15, 0.2) is 53.8 Å². The molecule has 1 aliphatic heterocycles. The lowest BCUT2D eigenvalue weighted by Crippen LogP contribution is -2.36. The van der Waals surface area contributed by atoms with E-state index in [4.69, 9.17) is 9.72 Å². The first kappa shape index (κ1) is 35.0. The van der Waals surface area contributed by atoms with Crippen LogP contribution in [0.25, 0.3) is 5.65 Å². The number of anilines is 3. The van der Waals surface area contributed by atoms with Crippen LogP contribution in [0.3, 0.4) is 0 Å². The molecule has 15 nitrogen and oxygen atoms in total. The summed E-state index contributed by atoms with van der Waals surface area (Å²) in [5.41, 5.74) is 2.53. The van der Waals surface area contributed by atoms with Gasteiger partial charge in [-0.2, -0.15) is 0 Å². The van der Waals surface area contributed by atoms with Crippen molar-refractivity contribution < 1.29 is 32.3 Å². The Kier molecular flexibility index (Phi) is 8.55. The Morgan fingerprint density at radius 2 is 1.83 bits per heavy atom. The Hall–Kier alpha value is -5.38. The van der Waals surface area contributed by atoms with Crippen molar-refractivity contribution in [1.29, 1.82) is 0 Å². The molecule has 4 aromatic rings. The smallest absolute Gasteiger partial charge is 0.415 e. The summed E-state index contributed by atoms with van der Waals surface area (Å²) in [7, 11) is -2.36. The average molecular weight is 729 g/mol. The Bertz CT molecular complexity index is 2260.